The number of ether oxygens (including phenoxy) is 1. The fourth-order valence-electron chi connectivity index (χ4n) is 2.87. The molecule has 138 valence electrons. The lowest BCUT2D eigenvalue weighted by molar-refractivity contribution is -0.134. The Balaban J connectivity index is 1.89. The van der Waals surface area contributed by atoms with Crippen LogP contribution >= 0.6 is 11.8 Å². The summed E-state index contributed by atoms with van der Waals surface area (Å²) in [5.41, 5.74) is 1.47. The number of aryl methyl sites for hydroxylation is 1. The van der Waals surface area contributed by atoms with Crippen LogP contribution in [0.25, 0.3) is 0 Å². The molecule has 1 N–H and O–H groups in total. The number of rotatable bonds is 6. The van der Waals surface area contributed by atoms with Gasteiger partial charge in [0.05, 0.1) is 13.2 Å². The van der Waals surface area contributed by atoms with Gasteiger partial charge < -0.3 is 14.6 Å². The fraction of sp³-hybridized carbons (Fsp3) is 0.421. The van der Waals surface area contributed by atoms with Crippen LogP contribution in [0, 0.1) is 0 Å². The maximum atomic E-state index is 13.1. The summed E-state index contributed by atoms with van der Waals surface area (Å²) in [5, 5.41) is 0.0331. The Morgan fingerprint density at radius 3 is 2.73 bits per heavy atom. The van der Waals surface area contributed by atoms with Crippen LogP contribution in [0.2, 0.25) is 0 Å². The first kappa shape index (κ1) is 18.7. The van der Waals surface area contributed by atoms with Gasteiger partial charge in [-0.05, 0) is 12.0 Å². The quantitative estimate of drug-likeness (QED) is 0.622. The number of benzene rings is 1. The summed E-state index contributed by atoms with van der Waals surface area (Å²) in [6.07, 6.45) is 1.65. The van der Waals surface area contributed by atoms with Crippen LogP contribution in [0.4, 0.5) is 0 Å². The number of morpholine rings is 1. The zero-order valence-corrected chi connectivity index (χ0v) is 15.6. The first-order valence-corrected chi connectivity index (χ1v) is 9.73. The molecular formula is C19H23N3O3S. The minimum absolute atomic E-state index is 0.0213. The van der Waals surface area contributed by atoms with Crippen LogP contribution in [-0.2, 0) is 16.0 Å². The second-order valence-electron chi connectivity index (χ2n) is 6.14. The van der Waals surface area contributed by atoms with Crippen LogP contribution in [0.15, 0.2) is 46.3 Å². The molecule has 1 atom stereocenters. The highest BCUT2D eigenvalue weighted by atomic mass is 32.2. The summed E-state index contributed by atoms with van der Waals surface area (Å²) in [6, 6.07) is 11.1. The van der Waals surface area contributed by atoms with E-state index >= 15 is 0 Å². The highest BCUT2D eigenvalue weighted by Crippen LogP contribution is 2.35. The minimum Gasteiger partial charge on any atom is -0.378 e. The van der Waals surface area contributed by atoms with E-state index in [4.69, 9.17) is 4.74 Å². The number of aromatic amines is 1. The lowest BCUT2D eigenvalue weighted by atomic mass is 10.1. The Labute approximate surface area is 157 Å². The molecule has 1 saturated heterocycles. The highest BCUT2D eigenvalue weighted by Gasteiger charge is 2.29. The van der Waals surface area contributed by atoms with Crippen LogP contribution < -0.4 is 5.56 Å². The summed E-state index contributed by atoms with van der Waals surface area (Å²) >= 11 is 1.30. The Morgan fingerprint density at radius 1 is 1.31 bits per heavy atom. The molecule has 26 heavy (non-hydrogen) atoms. The van der Waals surface area contributed by atoms with Crippen molar-refractivity contribution in [2.24, 2.45) is 0 Å². The number of carbonyl (C=O) groups excluding carboxylic acids is 1. The molecule has 6 nitrogen and oxygen atoms in total. The van der Waals surface area contributed by atoms with Crippen molar-refractivity contribution in [3.63, 3.8) is 0 Å². The normalized spacial score (nSPS) is 15.7. The lowest BCUT2D eigenvalue weighted by Crippen LogP contribution is -2.42. The van der Waals surface area contributed by atoms with Gasteiger partial charge in [-0.15, -0.1) is 0 Å². The zero-order chi connectivity index (χ0) is 18.4. The van der Waals surface area contributed by atoms with Gasteiger partial charge in [0, 0.05) is 24.8 Å². The second-order valence-corrected chi connectivity index (χ2v) is 7.23. The molecule has 1 aromatic carbocycles. The smallest absolute Gasteiger partial charge is 0.251 e. The van der Waals surface area contributed by atoms with E-state index in [9.17, 15) is 9.59 Å². The maximum absolute atomic E-state index is 13.1. The van der Waals surface area contributed by atoms with Gasteiger partial charge in [-0.1, -0.05) is 55.4 Å². The van der Waals surface area contributed by atoms with Gasteiger partial charge in [0.15, 0.2) is 5.16 Å². The number of nitrogens with zero attached hydrogens (tertiary/aromatic N) is 2. The van der Waals surface area contributed by atoms with Crippen molar-refractivity contribution in [3.05, 3.63) is 58.0 Å². The Hall–Kier alpha value is -2.12. The van der Waals surface area contributed by atoms with Gasteiger partial charge in [0.1, 0.15) is 5.25 Å². The zero-order valence-electron chi connectivity index (χ0n) is 14.8. The van der Waals surface area contributed by atoms with Gasteiger partial charge in [0.2, 0.25) is 5.91 Å². The average Bonchev–Trinajstić information content (AvgIpc) is 2.67. The third-order valence-corrected chi connectivity index (χ3v) is 5.28. The van der Waals surface area contributed by atoms with Crippen molar-refractivity contribution in [2.75, 3.05) is 26.3 Å². The summed E-state index contributed by atoms with van der Waals surface area (Å²) < 4.78 is 5.35. The van der Waals surface area contributed by atoms with Gasteiger partial charge >= 0.3 is 0 Å². The molecule has 1 fully saturated rings. The topological polar surface area (TPSA) is 75.3 Å². The molecule has 0 spiro atoms. The van der Waals surface area contributed by atoms with E-state index in [2.05, 4.69) is 9.97 Å². The number of amides is 1. The fourth-order valence-corrected chi connectivity index (χ4v) is 3.97. The van der Waals surface area contributed by atoms with E-state index in [1.807, 2.05) is 42.2 Å². The van der Waals surface area contributed by atoms with Crippen molar-refractivity contribution in [1.29, 1.82) is 0 Å². The van der Waals surface area contributed by atoms with E-state index < -0.39 is 5.25 Å². The average molecular weight is 373 g/mol. The summed E-state index contributed by atoms with van der Waals surface area (Å²) in [7, 11) is 0. The number of hydrogen-bond acceptors (Lipinski definition) is 5. The Morgan fingerprint density at radius 2 is 2.04 bits per heavy atom. The monoisotopic (exact) mass is 373 g/mol. The van der Waals surface area contributed by atoms with Gasteiger partial charge in [-0.3, -0.25) is 9.59 Å². The molecular weight excluding hydrogens is 350 g/mol. The van der Waals surface area contributed by atoms with E-state index in [0.717, 1.165) is 24.1 Å². The lowest BCUT2D eigenvalue weighted by Gasteiger charge is -2.30. The van der Waals surface area contributed by atoms with E-state index in [1.165, 1.54) is 17.8 Å². The molecule has 7 heteroatoms. The van der Waals surface area contributed by atoms with E-state index in [0.29, 0.717) is 31.5 Å². The first-order valence-electron chi connectivity index (χ1n) is 8.85. The molecule has 1 aliphatic rings. The van der Waals surface area contributed by atoms with Crippen LogP contribution in [-0.4, -0.2) is 47.1 Å². The number of thioether (sulfide) groups is 1. The molecule has 2 heterocycles. The molecule has 2 aromatic rings. The van der Waals surface area contributed by atoms with E-state index in [1.54, 1.807) is 0 Å². The minimum atomic E-state index is -0.450. The van der Waals surface area contributed by atoms with E-state index in [-0.39, 0.29) is 11.5 Å². The number of hydrogen-bond donors (Lipinski definition) is 1. The molecule has 0 saturated carbocycles. The highest BCUT2D eigenvalue weighted by molar-refractivity contribution is 8.00. The molecule has 1 amide bonds. The van der Waals surface area contributed by atoms with Crippen LogP contribution in [0.1, 0.15) is 29.9 Å². The van der Waals surface area contributed by atoms with Crippen LogP contribution in [0.3, 0.4) is 0 Å². The van der Waals surface area contributed by atoms with Crippen LogP contribution in [0.5, 0.6) is 0 Å². The molecule has 0 radical (unpaired) electrons. The Kier molecular flexibility index (Phi) is 6.46. The summed E-state index contributed by atoms with van der Waals surface area (Å²) in [4.78, 5) is 34.2. The van der Waals surface area contributed by atoms with Crippen molar-refractivity contribution >= 4 is 17.7 Å². The molecule has 0 unspecified atom stereocenters. The third kappa shape index (κ3) is 4.74. The standard InChI is InChI=1S/C19H23N3O3S/c1-2-6-15-13-16(23)21-19(20-15)26-17(14-7-4-3-5-8-14)18(24)22-9-11-25-12-10-22/h3-5,7-8,13,17H,2,6,9-12H2,1H3,(H,20,21,23)/t17-/m0/s1. The SMILES string of the molecule is CCCc1cc(=O)[nH]c(S[C@H](C(=O)N2CCOCC2)c2ccccc2)n1. The van der Waals surface area contributed by atoms with Gasteiger partial charge in [0.25, 0.3) is 5.56 Å². The number of nitrogens with one attached hydrogen (secondary N) is 1. The molecule has 0 aliphatic carbocycles. The number of H-pyrrole nitrogens is 1. The molecule has 1 aliphatic heterocycles. The Bertz CT molecular complexity index is 788. The number of aromatic nitrogens is 2. The third-order valence-electron chi connectivity index (χ3n) is 4.16. The van der Waals surface area contributed by atoms with Gasteiger partial charge in [-0.2, -0.15) is 0 Å². The maximum Gasteiger partial charge on any atom is 0.251 e. The second kappa shape index (κ2) is 9.00. The predicted octanol–water partition coefficient (Wildman–Crippen LogP) is 2.41. The summed E-state index contributed by atoms with van der Waals surface area (Å²) in [5.74, 6) is 0.0213. The first-order chi connectivity index (χ1) is 12.7. The van der Waals surface area contributed by atoms with Crippen molar-refractivity contribution < 1.29 is 9.53 Å². The molecule has 3 rings (SSSR count). The van der Waals surface area contributed by atoms with Crippen molar-refractivity contribution in [2.45, 2.75) is 30.2 Å². The van der Waals surface area contributed by atoms with Crippen molar-refractivity contribution in [1.82, 2.24) is 14.9 Å². The predicted molar refractivity (Wildman–Crippen MR) is 101 cm³/mol. The summed E-state index contributed by atoms with van der Waals surface area (Å²) in [6.45, 7) is 4.33. The molecule has 1 aromatic heterocycles. The number of carbonyl (C=O) groups is 1. The van der Waals surface area contributed by atoms with Crippen molar-refractivity contribution in [3.8, 4) is 0 Å². The molecule has 0 bridgehead atoms. The largest absolute Gasteiger partial charge is 0.378 e. The van der Waals surface area contributed by atoms with Gasteiger partial charge in [-0.25, -0.2) is 4.98 Å².